The van der Waals surface area contributed by atoms with E-state index in [9.17, 15) is 4.79 Å². The molecule has 0 unspecified atom stereocenters. The molecular formula is C7H12N2O. The Hall–Kier alpha value is -0.570. The predicted molar refractivity (Wildman–Crippen MR) is 37.6 cm³/mol. The molecule has 0 saturated carbocycles. The summed E-state index contributed by atoms with van der Waals surface area (Å²) in [6, 6.07) is 0. The summed E-state index contributed by atoms with van der Waals surface area (Å²) in [5.41, 5.74) is 0. The van der Waals surface area contributed by atoms with Crippen LogP contribution in [0.3, 0.4) is 0 Å². The largest absolute Gasteiger partial charge is 0.339 e. The molecule has 1 amide bonds. The lowest BCUT2D eigenvalue weighted by Gasteiger charge is -2.00. The molecule has 3 heteroatoms. The molecule has 2 aliphatic heterocycles. The van der Waals surface area contributed by atoms with E-state index in [-0.39, 0.29) is 0 Å². The zero-order chi connectivity index (χ0) is 6.97. The third-order valence-electron chi connectivity index (χ3n) is 1.98. The molecule has 0 bridgehead atoms. The summed E-state index contributed by atoms with van der Waals surface area (Å²) < 4.78 is 0. The van der Waals surface area contributed by atoms with Crippen LogP contribution in [0.5, 0.6) is 0 Å². The molecule has 0 aromatic carbocycles. The maximum Gasteiger partial charge on any atom is 0.223 e. The highest BCUT2D eigenvalue weighted by molar-refractivity contribution is 5.78. The van der Waals surface area contributed by atoms with Crippen LogP contribution in [-0.2, 0) is 4.79 Å². The van der Waals surface area contributed by atoms with Gasteiger partial charge in [0.25, 0.3) is 0 Å². The average Bonchev–Trinajstić information content (AvgIpc) is 2.76. The average molecular weight is 140 g/mol. The summed E-state index contributed by atoms with van der Waals surface area (Å²) >= 11 is 0. The van der Waals surface area contributed by atoms with Crippen LogP contribution < -0.4 is 0 Å². The number of amides is 1. The Labute approximate surface area is 60.6 Å². The second kappa shape index (κ2) is 2.23. The molecule has 0 aromatic heterocycles. The number of carbonyl (C=O) groups is 1. The highest BCUT2D eigenvalue weighted by atomic mass is 16.2. The summed E-state index contributed by atoms with van der Waals surface area (Å²) in [6.45, 7) is 5.38. The second-order valence-corrected chi connectivity index (χ2v) is 2.97. The van der Waals surface area contributed by atoms with E-state index in [4.69, 9.17) is 0 Å². The zero-order valence-electron chi connectivity index (χ0n) is 6.05. The Morgan fingerprint density at radius 1 is 1.20 bits per heavy atom. The lowest BCUT2D eigenvalue weighted by Crippen LogP contribution is -2.14. The fraction of sp³-hybridized carbons (Fsp3) is 0.857. The monoisotopic (exact) mass is 140 g/mol. The van der Waals surface area contributed by atoms with Gasteiger partial charge >= 0.3 is 0 Å². The Balaban J connectivity index is 1.63. The molecule has 0 aliphatic carbocycles. The van der Waals surface area contributed by atoms with Crippen molar-refractivity contribution in [3.63, 3.8) is 0 Å². The highest BCUT2D eigenvalue weighted by Crippen LogP contribution is 2.09. The molecular weight excluding hydrogens is 128 g/mol. The van der Waals surface area contributed by atoms with E-state index in [1.54, 1.807) is 0 Å². The van der Waals surface area contributed by atoms with Gasteiger partial charge in [0.2, 0.25) is 5.91 Å². The minimum absolute atomic E-state index is 0.340. The quantitative estimate of drug-likeness (QED) is 0.495. The number of rotatable bonds is 3. The summed E-state index contributed by atoms with van der Waals surface area (Å²) in [4.78, 5) is 15.2. The Kier molecular flexibility index (Phi) is 1.38. The second-order valence-electron chi connectivity index (χ2n) is 2.97. The maximum absolute atomic E-state index is 11.0. The van der Waals surface area contributed by atoms with Crippen molar-refractivity contribution >= 4 is 5.91 Å². The van der Waals surface area contributed by atoms with Gasteiger partial charge in [-0.25, -0.2) is 0 Å². The smallest absolute Gasteiger partial charge is 0.223 e. The third-order valence-corrected chi connectivity index (χ3v) is 1.98. The van der Waals surface area contributed by atoms with Crippen molar-refractivity contribution in [2.24, 2.45) is 0 Å². The van der Waals surface area contributed by atoms with Gasteiger partial charge in [-0.2, -0.15) is 0 Å². The van der Waals surface area contributed by atoms with E-state index < -0.39 is 0 Å². The first-order chi connectivity index (χ1) is 4.86. The first-order valence-corrected chi connectivity index (χ1v) is 3.86. The molecule has 2 saturated heterocycles. The van der Waals surface area contributed by atoms with Gasteiger partial charge in [-0.05, 0) is 0 Å². The normalized spacial score (nSPS) is 23.0. The number of nitrogens with zero attached hydrogens (tertiary/aromatic N) is 2. The minimum atomic E-state index is 0.340. The minimum Gasteiger partial charge on any atom is -0.339 e. The summed E-state index contributed by atoms with van der Waals surface area (Å²) in [5.74, 6) is 0.340. The maximum atomic E-state index is 11.0. The van der Waals surface area contributed by atoms with E-state index in [0.717, 1.165) is 26.1 Å². The van der Waals surface area contributed by atoms with E-state index in [1.807, 2.05) is 4.90 Å². The summed E-state index contributed by atoms with van der Waals surface area (Å²) in [5, 5.41) is 0. The SMILES string of the molecule is O=C(CCN1CC1)N1CC1. The zero-order valence-corrected chi connectivity index (χ0v) is 6.05. The van der Waals surface area contributed by atoms with Crippen molar-refractivity contribution in [2.75, 3.05) is 32.7 Å². The lowest BCUT2D eigenvalue weighted by molar-refractivity contribution is -0.125. The fourth-order valence-corrected chi connectivity index (χ4v) is 1.01. The Morgan fingerprint density at radius 2 is 1.90 bits per heavy atom. The topological polar surface area (TPSA) is 23.1 Å². The van der Waals surface area contributed by atoms with E-state index in [0.29, 0.717) is 5.91 Å². The van der Waals surface area contributed by atoms with Gasteiger partial charge in [-0.1, -0.05) is 0 Å². The van der Waals surface area contributed by atoms with Crippen LogP contribution in [0.4, 0.5) is 0 Å². The molecule has 56 valence electrons. The number of hydrogen-bond acceptors (Lipinski definition) is 2. The fourth-order valence-electron chi connectivity index (χ4n) is 1.01. The highest BCUT2D eigenvalue weighted by Gasteiger charge is 2.25. The van der Waals surface area contributed by atoms with Gasteiger partial charge in [0.1, 0.15) is 0 Å². The number of carbonyl (C=O) groups excluding carboxylic acids is 1. The first kappa shape index (κ1) is 6.16. The predicted octanol–water partition coefficient (Wildman–Crippen LogP) is -0.466. The molecule has 3 nitrogen and oxygen atoms in total. The molecule has 2 aliphatic rings. The van der Waals surface area contributed by atoms with E-state index in [2.05, 4.69) is 4.90 Å². The van der Waals surface area contributed by atoms with Gasteiger partial charge in [0.15, 0.2) is 0 Å². The molecule has 10 heavy (non-hydrogen) atoms. The van der Waals surface area contributed by atoms with Gasteiger partial charge in [0.05, 0.1) is 0 Å². The van der Waals surface area contributed by atoms with Crippen molar-refractivity contribution in [2.45, 2.75) is 6.42 Å². The Morgan fingerprint density at radius 3 is 2.40 bits per heavy atom. The van der Waals surface area contributed by atoms with Crippen LogP contribution in [0, 0.1) is 0 Å². The van der Waals surface area contributed by atoms with Gasteiger partial charge in [0, 0.05) is 39.1 Å². The molecule has 0 spiro atoms. The van der Waals surface area contributed by atoms with Crippen molar-refractivity contribution in [1.82, 2.24) is 9.80 Å². The molecule has 2 rings (SSSR count). The standard InChI is InChI=1S/C7H12N2O/c10-7(9-5-6-9)1-2-8-3-4-8/h1-6H2. The van der Waals surface area contributed by atoms with Crippen molar-refractivity contribution < 1.29 is 4.79 Å². The summed E-state index contributed by atoms with van der Waals surface area (Å²) in [7, 11) is 0. The number of hydrogen-bond donors (Lipinski definition) is 0. The first-order valence-electron chi connectivity index (χ1n) is 3.86. The van der Waals surface area contributed by atoms with Crippen LogP contribution in [0.15, 0.2) is 0 Å². The van der Waals surface area contributed by atoms with Crippen LogP contribution in [0.2, 0.25) is 0 Å². The van der Waals surface area contributed by atoms with E-state index >= 15 is 0 Å². The van der Waals surface area contributed by atoms with Crippen molar-refractivity contribution in [1.29, 1.82) is 0 Å². The van der Waals surface area contributed by atoms with Gasteiger partial charge in [-0.3, -0.25) is 4.79 Å². The molecule has 2 heterocycles. The van der Waals surface area contributed by atoms with Gasteiger partial charge < -0.3 is 9.80 Å². The third kappa shape index (κ3) is 1.48. The molecule has 2 fully saturated rings. The molecule has 0 aromatic rings. The molecule has 0 N–H and O–H groups in total. The summed E-state index contributed by atoms with van der Waals surface area (Å²) in [6.07, 6.45) is 0.736. The van der Waals surface area contributed by atoms with Crippen LogP contribution in [0.1, 0.15) is 6.42 Å². The van der Waals surface area contributed by atoms with Crippen molar-refractivity contribution in [3.05, 3.63) is 0 Å². The lowest BCUT2D eigenvalue weighted by atomic mass is 10.4. The van der Waals surface area contributed by atoms with Crippen LogP contribution in [0.25, 0.3) is 0 Å². The van der Waals surface area contributed by atoms with Gasteiger partial charge in [-0.15, -0.1) is 0 Å². The van der Waals surface area contributed by atoms with Crippen molar-refractivity contribution in [3.8, 4) is 0 Å². The van der Waals surface area contributed by atoms with E-state index in [1.165, 1.54) is 13.1 Å². The molecule has 0 atom stereocenters. The van der Waals surface area contributed by atoms with Crippen LogP contribution >= 0.6 is 0 Å². The molecule has 0 radical (unpaired) electrons. The Bertz CT molecular complexity index is 150. The van der Waals surface area contributed by atoms with Crippen LogP contribution in [-0.4, -0.2) is 48.4 Å².